The van der Waals surface area contributed by atoms with Crippen LogP contribution in [0.1, 0.15) is 29.7 Å². The molecule has 1 heterocycles. The number of nitrogens with zero attached hydrogens (tertiary/aromatic N) is 3. The molecule has 0 fully saturated rings. The maximum Gasteiger partial charge on any atom is 0.416 e. The first-order valence-electron chi connectivity index (χ1n) is 8.96. The number of alkyl halides is 3. The van der Waals surface area contributed by atoms with E-state index in [0.717, 1.165) is 23.1 Å². The molecule has 164 valence electrons. The molecular weight excluding hydrogens is 443 g/mol. The lowest BCUT2D eigenvalue weighted by atomic mass is 9.93. The van der Waals surface area contributed by atoms with Crippen molar-refractivity contribution in [3.63, 3.8) is 0 Å². The number of urea groups is 1. The Bertz CT molecular complexity index is 1330. The summed E-state index contributed by atoms with van der Waals surface area (Å²) in [7, 11) is -3.44. The number of hydrogen-bond donors (Lipinski definition) is 2. The average Bonchev–Trinajstić information content (AvgIpc) is 2.71. The number of nitrogens with two attached hydrogens (primary N) is 1. The van der Waals surface area contributed by atoms with E-state index in [-0.39, 0.29) is 33.0 Å². The second kappa shape index (κ2) is 8.04. The molecule has 1 aliphatic heterocycles. The number of benzene rings is 2. The Hall–Kier alpha value is -3.80. The summed E-state index contributed by atoms with van der Waals surface area (Å²) >= 11 is 0. The molecule has 0 aromatic heterocycles. The van der Waals surface area contributed by atoms with Gasteiger partial charge in [-0.25, -0.2) is 9.00 Å². The van der Waals surface area contributed by atoms with Crippen molar-refractivity contribution in [2.45, 2.75) is 24.0 Å². The topological polar surface area (TPSA) is 123 Å². The van der Waals surface area contributed by atoms with Crippen LogP contribution in [0.3, 0.4) is 0 Å². The van der Waals surface area contributed by atoms with Gasteiger partial charge in [0.2, 0.25) is 0 Å². The van der Waals surface area contributed by atoms with E-state index in [1.807, 2.05) is 12.1 Å². The Morgan fingerprint density at radius 1 is 1.19 bits per heavy atom. The molecule has 2 aromatic carbocycles. The van der Waals surface area contributed by atoms with Crippen LogP contribution >= 0.6 is 0 Å². The van der Waals surface area contributed by atoms with Crippen molar-refractivity contribution in [1.29, 1.82) is 10.5 Å². The molecule has 0 radical (unpaired) electrons. The summed E-state index contributed by atoms with van der Waals surface area (Å²) in [6, 6.07) is 9.77. The molecule has 0 bridgehead atoms. The van der Waals surface area contributed by atoms with E-state index in [9.17, 15) is 32.7 Å². The largest absolute Gasteiger partial charge is 0.416 e. The molecule has 32 heavy (non-hydrogen) atoms. The lowest BCUT2D eigenvalue weighted by molar-refractivity contribution is -0.137. The molecule has 2 aromatic rings. The fourth-order valence-corrected chi connectivity index (χ4v) is 4.31. The number of nitrogens with one attached hydrogen (secondary N) is 1. The maximum atomic E-state index is 13.3. The second-order valence-electron chi connectivity index (χ2n) is 6.99. The fraction of sp³-hybridized carbons (Fsp3) is 0.143. The fourth-order valence-electron chi connectivity index (χ4n) is 3.41. The summed E-state index contributed by atoms with van der Waals surface area (Å²) in [5, 5.41) is 27.2. The third kappa shape index (κ3) is 4.17. The van der Waals surface area contributed by atoms with E-state index >= 15 is 0 Å². The minimum absolute atomic E-state index is 0.00313. The highest BCUT2D eigenvalue weighted by Gasteiger charge is 2.39. The molecule has 0 saturated carbocycles. The smallest absolute Gasteiger partial charge is 0.310 e. The molecule has 11 heteroatoms. The van der Waals surface area contributed by atoms with Crippen molar-refractivity contribution >= 4 is 27.3 Å². The van der Waals surface area contributed by atoms with E-state index < -0.39 is 33.5 Å². The quantitative estimate of drug-likeness (QED) is 0.681. The lowest BCUT2D eigenvalue weighted by Gasteiger charge is -2.37. The summed E-state index contributed by atoms with van der Waals surface area (Å²) in [4.78, 5) is 13.8. The van der Waals surface area contributed by atoms with Crippen LogP contribution in [0.15, 0.2) is 58.6 Å². The zero-order valence-corrected chi connectivity index (χ0v) is 17.4. The Balaban J connectivity index is 2.35. The predicted molar refractivity (Wildman–Crippen MR) is 112 cm³/mol. The van der Waals surface area contributed by atoms with E-state index in [2.05, 4.69) is 11.2 Å². The van der Waals surface area contributed by atoms with Gasteiger partial charge in [-0.3, -0.25) is 10.0 Å². The number of amides is 2. The molecule has 0 saturated heterocycles. The van der Waals surface area contributed by atoms with Gasteiger partial charge in [0.15, 0.2) is 0 Å². The molecule has 7 nitrogen and oxygen atoms in total. The third-order valence-electron chi connectivity index (χ3n) is 4.83. The SMILES string of the molecule is C=S(N)(=O)c1cc(C#N)ccc1C1C(C#N)=C(C)NC(=O)N1c1cccc(C(F)(F)F)c1. The van der Waals surface area contributed by atoms with Crippen LogP contribution in [0.2, 0.25) is 0 Å². The van der Waals surface area contributed by atoms with Gasteiger partial charge in [-0.15, -0.1) is 0 Å². The number of carbonyl (C=O) groups excluding carboxylic acids is 1. The van der Waals surface area contributed by atoms with Gasteiger partial charge in [-0.1, -0.05) is 12.1 Å². The summed E-state index contributed by atoms with van der Waals surface area (Å²) in [5.74, 6) is 3.43. The van der Waals surface area contributed by atoms with Crippen LogP contribution in [0, 0.1) is 22.7 Å². The van der Waals surface area contributed by atoms with E-state index in [4.69, 9.17) is 5.14 Å². The summed E-state index contributed by atoms with van der Waals surface area (Å²) < 4.78 is 52.6. The van der Waals surface area contributed by atoms with Crippen molar-refractivity contribution in [3.05, 3.63) is 70.4 Å². The van der Waals surface area contributed by atoms with Crippen LogP contribution in [-0.4, -0.2) is 16.1 Å². The number of hydrogen-bond acceptors (Lipinski definition) is 4. The first-order chi connectivity index (χ1) is 14.9. The van der Waals surface area contributed by atoms with Gasteiger partial charge in [0.05, 0.1) is 43.4 Å². The molecule has 2 unspecified atom stereocenters. The number of anilines is 1. The third-order valence-corrected chi connectivity index (χ3v) is 5.93. The molecule has 3 rings (SSSR count). The minimum atomic E-state index is -4.67. The number of halogens is 3. The van der Waals surface area contributed by atoms with Crippen molar-refractivity contribution in [1.82, 2.24) is 5.32 Å². The zero-order chi connectivity index (χ0) is 23.8. The highest BCUT2D eigenvalue weighted by Crippen LogP contribution is 2.41. The molecule has 2 amide bonds. The molecule has 2 atom stereocenters. The van der Waals surface area contributed by atoms with Gasteiger partial charge >= 0.3 is 12.2 Å². The Kier molecular flexibility index (Phi) is 5.75. The molecule has 3 N–H and O–H groups in total. The van der Waals surface area contributed by atoms with Crippen LogP contribution in [0.25, 0.3) is 0 Å². The van der Waals surface area contributed by atoms with Crippen molar-refractivity contribution in [2.75, 3.05) is 4.90 Å². The van der Waals surface area contributed by atoms with Gasteiger partial charge in [-0.2, -0.15) is 23.7 Å². The Labute approximate surface area is 182 Å². The molecular formula is C21H16F3N5O2S. The number of rotatable bonds is 3. The highest BCUT2D eigenvalue weighted by molar-refractivity contribution is 7.98. The minimum Gasteiger partial charge on any atom is -0.310 e. The van der Waals surface area contributed by atoms with E-state index in [1.165, 1.54) is 31.2 Å². The summed E-state index contributed by atoms with van der Waals surface area (Å²) in [5.41, 5.74) is -0.757. The molecule has 0 aliphatic carbocycles. The number of nitriles is 2. The normalized spacial score (nSPS) is 18.4. The van der Waals surface area contributed by atoms with Crippen LogP contribution < -0.4 is 15.4 Å². The van der Waals surface area contributed by atoms with Gasteiger partial charge in [0.25, 0.3) is 0 Å². The summed E-state index contributed by atoms with van der Waals surface area (Å²) in [6.45, 7) is 1.46. The van der Waals surface area contributed by atoms with Gasteiger partial charge in [0, 0.05) is 11.4 Å². The molecule has 0 spiro atoms. The van der Waals surface area contributed by atoms with E-state index in [1.54, 1.807) is 0 Å². The van der Waals surface area contributed by atoms with Gasteiger partial charge in [0.1, 0.15) is 6.04 Å². The zero-order valence-electron chi connectivity index (χ0n) is 16.6. The lowest BCUT2D eigenvalue weighted by Crippen LogP contribution is -2.47. The van der Waals surface area contributed by atoms with Crippen LogP contribution in [0.5, 0.6) is 0 Å². The van der Waals surface area contributed by atoms with Gasteiger partial charge in [-0.05, 0) is 48.7 Å². The second-order valence-corrected chi connectivity index (χ2v) is 8.88. The predicted octanol–water partition coefficient (Wildman–Crippen LogP) is 3.59. The first kappa shape index (κ1) is 22.9. The standard InChI is InChI=1S/C21H16F3N5O2S/c1-12-17(11-26)19(16-7-6-13(10-25)8-18(16)32(2,27)31)29(20(30)28-12)15-5-3-4-14(9-15)21(22,23)24/h3-9,19H,2H2,1H3,(H2,27,31)(H,28,30). The molecule has 1 aliphatic rings. The summed E-state index contributed by atoms with van der Waals surface area (Å²) in [6.07, 6.45) is -4.67. The van der Waals surface area contributed by atoms with Crippen molar-refractivity contribution < 1.29 is 22.2 Å². The maximum absolute atomic E-state index is 13.3. The monoisotopic (exact) mass is 459 g/mol. The van der Waals surface area contributed by atoms with E-state index in [0.29, 0.717) is 0 Å². The highest BCUT2D eigenvalue weighted by atomic mass is 32.2. The average molecular weight is 459 g/mol. The number of allylic oxidation sites excluding steroid dienone is 1. The Morgan fingerprint density at radius 3 is 2.44 bits per heavy atom. The first-order valence-corrected chi connectivity index (χ1v) is 10.7. The van der Waals surface area contributed by atoms with Crippen molar-refractivity contribution in [2.24, 2.45) is 5.14 Å². The number of carbonyl (C=O) groups is 1. The van der Waals surface area contributed by atoms with Gasteiger partial charge < -0.3 is 5.32 Å². The van der Waals surface area contributed by atoms with Crippen molar-refractivity contribution in [3.8, 4) is 12.1 Å². The van der Waals surface area contributed by atoms with Crippen LogP contribution in [-0.2, 0) is 15.9 Å². The Morgan fingerprint density at radius 2 is 1.88 bits per heavy atom. The van der Waals surface area contributed by atoms with Crippen LogP contribution in [0.4, 0.5) is 23.7 Å².